The predicted octanol–water partition coefficient (Wildman–Crippen LogP) is 2.49. The molecule has 1 aromatic heterocycles. The number of carboxylic acid groups (broad SMARTS) is 1. The van der Waals surface area contributed by atoms with Gasteiger partial charge in [-0.15, -0.1) is 11.3 Å². The highest BCUT2D eigenvalue weighted by Gasteiger charge is 2.29. The van der Waals surface area contributed by atoms with Crippen LogP contribution in [0.5, 0.6) is 0 Å². The first-order valence-electron chi connectivity index (χ1n) is 6.77. The Morgan fingerprint density at radius 2 is 2.33 bits per heavy atom. The minimum absolute atomic E-state index is 0.0129. The lowest BCUT2D eigenvalue weighted by Gasteiger charge is -2.23. The van der Waals surface area contributed by atoms with E-state index in [0.717, 1.165) is 12.2 Å². The molecule has 2 amide bonds. The maximum atomic E-state index is 11.9. The fraction of sp³-hybridized carbons (Fsp3) is 0.615. The van der Waals surface area contributed by atoms with E-state index >= 15 is 0 Å². The zero-order chi connectivity index (χ0) is 15.5. The molecule has 1 aromatic rings. The summed E-state index contributed by atoms with van der Waals surface area (Å²) in [5, 5.41) is 16.6. The molecule has 3 N–H and O–H groups in total. The van der Waals surface area contributed by atoms with Crippen molar-refractivity contribution in [2.75, 3.05) is 12.3 Å². The number of aromatic nitrogens is 1. The Balaban J connectivity index is 1.82. The predicted molar refractivity (Wildman–Crippen MR) is 84.1 cm³/mol. The molecule has 2 unspecified atom stereocenters. The third-order valence-corrected chi connectivity index (χ3v) is 5.95. The molecule has 0 spiro atoms. The molecule has 0 radical (unpaired) electrons. The summed E-state index contributed by atoms with van der Waals surface area (Å²) in [6.07, 6.45) is 2.31. The van der Waals surface area contributed by atoms with Crippen LogP contribution >= 0.6 is 23.1 Å². The minimum Gasteiger partial charge on any atom is -0.476 e. The Kier molecular flexibility index (Phi) is 5.10. The molecule has 1 saturated heterocycles. The summed E-state index contributed by atoms with van der Waals surface area (Å²) in [6.45, 7) is 4.58. The number of thioether (sulfide) groups is 1. The van der Waals surface area contributed by atoms with E-state index in [1.165, 1.54) is 23.1 Å². The molecular formula is C13H19N3O3S2. The number of nitrogens with zero attached hydrogens (tertiary/aromatic N) is 1. The van der Waals surface area contributed by atoms with E-state index in [2.05, 4.69) is 22.5 Å². The van der Waals surface area contributed by atoms with E-state index in [9.17, 15) is 9.59 Å². The van der Waals surface area contributed by atoms with Crippen molar-refractivity contribution in [1.29, 1.82) is 0 Å². The van der Waals surface area contributed by atoms with Gasteiger partial charge in [0.15, 0.2) is 5.69 Å². The molecule has 2 heterocycles. The lowest BCUT2D eigenvalue weighted by molar-refractivity contribution is 0.0691. The van der Waals surface area contributed by atoms with E-state index in [1.54, 1.807) is 6.92 Å². The smallest absolute Gasteiger partial charge is 0.355 e. The Hall–Kier alpha value is -1.28. The van der Waals surface area contributed by atoms with Crippen molar-refractivity contribution in [1.82, 2.24) is 15.6 Å². The first kappa shape index (κ1) is 16.1. The van der Waals surface area contributed by atoms with E-state index < -0.39 is 5.97 Å². The van der Waals surface area contributed by atoms with Crippen LogP contribution in [0.4, 0.5) is 4.79 Å². The number of carboxylic acids is 1. The largest absolute Gasteiger partial charge is 0.476 e. The Morgan fingerprint density at radius 1 is 1.57 bits per heavy atom. The average Bonchev–Trinajstić information content (AvgIpc) is 3.06. The molecule has 0 aliphatic carbocycles. The van der Waals surface area contributed by atoms with Crippen molar-refractivity contribution in [2.24, 2.45) is 0 Å². The number of thiazole rings is 1. The van der Waals surface area contributed by atoms with E-state index in [4.69, 9.17) is 5.11 Å². The summed E-state index contributed by atoms with van der Waals surface area (Å²) in [5.74, 6) is 0.0909. The van der Waals surface area contributed by atoms with Gasteiger partial charge >= 0.3 is 12.0 Å². The first-order valence-corrected chi connectivity index (χ1v) is 8.63. The zero-order valence-corrected chi connectivity index (χ0v) is 13.6. The van der Waals surface area contributed by atoms with Crippen molar-refractivity contribution in [3.05, 3.63) is 16.1 Å². The van der Waals surface area contributed by atoms with Gasteiger partial charge in [-0.1, -0.05) is 0 Å². The number of urea groups is 1. The average molecular weight is 329 g/mol. The molecule has 6 nitrogen and oxygen atoms in total. The molecule has 1 aliphatic rings. The number of hydrogen-bond acceptors (Lipinski definition) is 5. The van der Waals surface area contributed by atoms with Crippen LogP contribution in [0.15, 0.2) is 5.38 Å². The maximum Gasteiger partial charge on any atom is 0.355 e. The van der Waals surface area contributed by atoms with Crippen molar-refractivity contribution in [3.8, 4) is 0 Å². The zero-order valence-electron chi connectivity index (χ0n) is 12.0. The highest BCUT2D eigenvalue weighted by atomic mass is 32.2. The molecule has 0 saturated carbocycles. The van der Waals surface area contributed by atoms with Gasteiger partial charge in [-0.25, -0.2) is 14.6 Å². The number of aromatic carboxylic acids is 1. The Labute approximate surface area is 131 Å². The van der Waals surface area contributed by atoms with Gasteiger partial charge in [-0.05, 0) is 32.4 Å². The number of hydrogen-bond donors (Lipinski definition) is 3. The quantitative estimate of drug-likeness (QED) is 0.772. The topological polar surface area (TPSA) is 91.3 Å². The molecule has 0 aromatic carbocycles. The number of nitrogens with one attached hydrogen (secondary N) is 2. The molecule has 1 aliphatic heterocycles. The number of carbonyl (C=O) groups excluding carboxylic acids is 1. The number of rotatable bonds is 5. The third kappa shape index (κ3) is 4.34. The van der Waals surface area contributed by atoms with Crippen LogP contribution in [-0.2, 0) is 0 Å². The van der Waals surface area contributed by atoms with Crippen LogP contribution in [0.3, 0.4) is 0 Å². The van der Waals surface area contributed by atoms with Gasteiger partial charge in [0.05, 0.1) is 6.04 Å². The van der Waals surface area contributed by atoms with Crippen LogP contribution < -0.4 is 10.6 Å². The number of amides is 2. The summed E-state index contributed by atoms with van der Waals surface area (Å²) in [6, 6.07) is -0.560. The van der Waals surface area contributed by atoms with Gasteiger partial charge in [0.2, 0.25) is 0 Å². The third-order valence-electron chi connectivity index (χ3n) is 3.38. The number of carbonyl (C=O) groups is 2. The molecule has 8 heteroatoms. The van der Waals surface area contributed by atoms with Crippen molar-refractivity contribution in [2.45, 2.75) is 37.5 Å². The van der Waals surface area contributed by atoms with Crippen LogP contribution in [-0.4, -0.2) is 39.1 Å². The fourth-order valence-corrected chi connectivity index (χ4v) is 4.18. The molecule has 0 bridgehead atoms. The Bertz CT molecular complexity index is 526. The van der Waals surface area contributed by atoms with Crippen molar-refractivity contribution in [3.63, 3.8) is 0 Å². The standard InChI is InChI=1S/C13H19N3O3S2/c1-8(10-16-9(6-20-10)11(17)18)15-12(19)14-7-13(2)4-3-5-21-13/h6,8H,3-5,7H2,1-2H3,(H,17,18)(H2,14,15,19). The second-order valence-electron chi connectivity index (χ2n) is 5.33. The van der Waals surface area contributed by atoms with Crippen LogP contribution in [0.25, 0.3) is 0 Å². The minimum atomic E-state index is -1.06. The lowest BCUT2D eigenvalue weighted by atomic mass is 10.1. The summed E-state index contributed by atoms with van der Waals surface area (Å²) in [7, 11) is 0. The van der Waals surface area contributed by atoms with Gasteiger partial charge in [-0.2, -0.15) is 11.8 Å². The second-order valence-corrected chi connectivity index (χ2v) is 7.90. The van der Waals surface area contributed by atoms with E-state index in [0.29, 0.717) is 11.6 Å². The van der Waals surface area contributed by atoms with E-state index in [-0.39, 0.29) is 22.5 Å². The molecule has 1 fully saturated rings. The van der Waals surface area contributed by atoms with Gasteiger partial charge in [0, 0.05) is 16.7 Å². The van der Waals surface area contributed by atoms with Gasteiger partial charge in [0.25, 0.3) is 0 Å². The van der Waals surface area contributed by atoms with Gasteiger partial charge in [0.1, 0.15) is 5.01 Å². The van der Waals surface area contributed by atoms with Crippen molar-refractivity contribution < 1.29 is 14.7 Å². The molecular weight excluding hydrogens is 310 g/mol. The highest BCUT2D eigenvalue weighted by molar-refractivity contribution is 8.00. The van der Waals surface area contributed by atoms with Crippen LogP contribution in [0.1, 0.15) is 48.2 Å². The van der Waals surface area contributed by atoms with Crippen LogP contribution in [0, 0.1) is 0 Å². The molecule has 2 atom stereocenters. The summed E-state index contributed by atoms with van der Waals surface area (Å²) < 4.78 is 0.123. The summed E-state index contributed by atoms with van der Waals surface area (Å²) in [5.41, 5.74) is 0.0129. The van der Waals surface area contributed by atoms with Gasteiger partial charge in [-0.3, -0.25) is 0 Å². The van der Waals surface area contributed by atoms with E-state index in [1.807, 2.05) is 11.8 Å². The SMILES string of the molecule is CC(NC(=O)NCC1(C)CCCS1)c1nc(C(=O)O)cs1. The van der Waals surface area contributed by atoms with Crippen LogP contribution in [0.2, 0.25) is 0 Å². The molecule has 2 rings (SSSR count). The maximum absolute atomic E-state index is 11.9. The highest BCUT2D eigenvalue weighted by Crippen LogP contribution is 2.36. The van der Waals surface area contributed by atoms with Crippen molar-refractivity contribution >= 4 is 35.1 Å². The second kappa shape index (κ2) is 6.65. The Morgan fingerprint density at radius 3 is 2.90 bits per heavy atom. The lowest BCUT2D eigenvalue weighted by Crippen LogP contribution is -2.43. The van der Waals surface area contributed by atoms with Gasteiger partial charge < -0.3 is 15.7 Å². The summed E-state index contributed by atoms with van der Waals surface area (Å²) >= 11 is 3.12. The fourth-order valence-electron chi connectivity index (χ4n) is 2.14. The first-order chi connectivity index (χ1) is 9.89. The summed E-state index contributed by atoms with van der Waals surface area (Å²) in [4.78, 5) is 26.7. The molecule has 21 heavy (non-hydrogen) atoms. The molecule has 116 valence electrons. The monoisotopic (exact) mass is 329 g/mol. The normalized spacial score (nSPS) is 22.8.